The Hall–Kier alpha value is -1.40. The molecule has 0 amide bonds. The second-order valence-corrected chi connectivity index (χ2v) is 5.06. The van der Waals surface area contributed by atoms with Gasteiger partial charge in [0.1, 0.15) is 0 Å². The molecule has 0 aliphatic heterocycles. The lowest BCUT2D eigenvalue weighted by Crippen LogP contribution is -2.28. The summed E-state index contributed by atoms with van der Waals surface area (Å²) in [5, 5.41) is 0. The summed E-state index contributed by atoms with van der Waals surface area (Å²) in [6.45, 7) is 1.35. The standard InChI is InChI=1S/C14H26N4O2/c15-9-5-1-3-7-11-12(8-4-2-6-10-16)17-14(20)18-13(11)19/h1-10,15-16H2,(H2,17,18,19,20). The van der Waals surface area contributed by atoms with E-state index in [2.05, 4.69) is 9.97 Å². The average Bonchev–Trinajstić information content (AvgIpc) is 2.41. The minimum atomic E-state index is -0.422. The van der Waals surface area contributed by atoms with Crippen molar-refractivity contribution < 1.29 is 0 Å². The molecule has 0 aliphatic carbocycles. The van der Waals surface area contributed by atoms with Crippen molar-refractivity contribution in [2.24, 2.45) is 11.5 Å². The van der Waals surface area contributed by atoms with E-state index in [9.17, 15) is 9.59 Å². The number of aromatic nitrogens is 2. The van der Waals surface area contributed by atoms with Crippen molar-refractivity contribution in [1.82, 2.24) is 9.97 Å². The molecule has 0 saturated carbocycles. The van der Waals surface area contributed by atoms with Gasteiger partial charge in [0.05, 0.1) is 0 Å². The molecule has 6 nitrogen and oxygen atoms in total. The van der Waals surface area contributed by atoms with E-state index >= 15 is 0 Å². The van der Waals surface area contributed by atoms with Crippen molar-refractivity contribution in [3.05, 3.63) is 32.1 Å². The van der Waals surface area contributed by atoms with Crippen LogP contribution in [0.25, 0.3) is 0 Å². The van der Waals surface area contributed by atoms with Crippen LogP contribution in [0, 0.1) is 0 Å². The molecule has 0 fully saturated rings. The van der Waals surface area contributed by atoms with Gasteiger partial charge in [-0.05, 0) is 51.6 Å². The predicted molar refractivity (Wildman–Crippen MR) is 80.9 cm³/mol. The van der Waals surface area contributed by atoms with E-state index in [0.717, 1.165) is 56.2 Å². The second-order valence-electron chi connectivity index (χ2n) is 5.06. The number of hydrogen-bond acceptors (Lipinski definition) is 4. The van der Waals surface area contributed by atoms with Gasteiger partial charge in [-0.1, -0.05) is 12.8 Å². The number of nitrogens with one attached hydrogen (secondary N) is 2. The Labute approximate surface area is 119 Å². The van der Waals surface area contributed by atoms with Crippen molar-refractivity contribution in [3.63, 3.8) is 0 Å². The van der Waals surface area contributed by atoms with Crippen LogP contribution in [0.2, 0.25) is 0 Å². The van der Waals surface area contributed by atoms with Gasteiger partial charge in [0.25, 0.3) is 5.56 Å². The van der Waals surface area contributed by atoms with Crippen LogP contribution < -0.4 is 22.7 Å². The van der Waals surface area contributed by atoms with Crippen molar-refractivity contribution >= 4 is 0 Å². The van der Waals surface area contributed by atoms with Crippen LogP contribution in [0.4, 0.5) is 0 Å². The van der Waals surface area contributed by atoms with E-state index in [1.165, 1.54) is 0 Å². The summed E-state index contributed by atoms with van der Waals surface area (Å²) >= 11 is 0. The zero-order valence-corrected chi connectivity index (χ0v) is 12.0. The first-order valence-electron chi connectivity index (χ1n) is 7.43. The van der Waals surface area contributed by atoms with Crippen LogP contribution in [-0.2, 0) is 12.8 Å². The van der Waals surface area contributed by atoms with E-state index in [1.54, 1.807) is 0 Å². The van der Waals surface area contributed by atoms with Gasteiger partial charge in [0.15, 0.2) is 0 Å². The molecule has 6 heteroatoms. The van der Waals surface area contributed by atoms with Crippen LogP contribution in [0.3, 0.4) is 0 Å². The van der Waals surface area contributed by atoms with Crippen LogP contribution >= 0.6 is 0 Å². The highest BCUT2D eigenvalue weighted by atomic mass is 16.2. The van der Waals surface area contributed by atoms with Gasteiger partial charge in [-0.2, -0.15) is 0 Å². The fourth-order valence-electron chi connectivity index (χ4n) is 2.28. The Kier molecular flexibility index (Phi) is 7.91. The van der Waals surface area contributed by atoms with E-state index in [-0.39, 0.29) is 5.56 Å². The first-order valence-corrected chi connectivity index (χ1v) is 7.43. The van der Waals surface area contributed by atoms with Gasteiger partial charge in [0, 0.05) is 11.3 Å². The van der Waals surface area contributed by atoms with Gasteiger partial charge in [-0.15, -0.1) is 0 Å². The zero-order chi connectivity index (χ0) is 14.8. The number of rotatable bonds is 10. The van der Waals surface area contributed by atoms with Gasteiger partial charge < -0.3 is 16.5 Å². The van der Waals surface area contributed by atoms with E-state index in [4.69, 9.17) is 11.5 Å². The number of unbranched alkanes of at least 4 members (excludes halogenated alkanes) is 4. The quantitative estimate of drug-likeness (QED) is 0.465. The first kappa shape index (κ1) is 16.7. The molecule has 1 rings (SSSR count). The van der Waals surface area contributed by atoms with Crippen molar-refractivity contribution in [2.75, 3.05) is 13.1 Å². The Morgan fingerprint density at radius 1 is 0.750 bits per heavy atom. The molecule has 1 aromatic heterocycles. The topological polar surface area (TPSA) is 118 Å². The third-order valence-corrected chi connectivity index (χ3v) is 3.39. The Balaban J connectivity index is 2.69. The van der Waals surface area contributed by atoms with Crippen molar-refractivity contribution in [2.45, 2.75) is 51.4 Å². The summed E-state index contributed by atoms with van der Waals surface area (Å²) in [7, 11) is 0. The third kappa shape index (κ3) is 5.71. The third-order valence-electron chi connectivity index (χ3n) is 3.39. The molecule has 0 unspecified atom stereocenters. The fraction of sp³-hybridized carbons (Fsp3) is 0.714. The number of nitrogens with two attached hydrogens (primary N) is 2. The van der Waals surface area contributed by atoms with E-state index in [1.807, 2.05) is 0 Å². The molecule has 0 bridgehead atoms. The Morgan fingerprint density at radius 3 is 1.95 bits per heavy atom. The second kappa shape index (κ2) is 9.50. The van der Waals surface area contributed by atoms with E-state index < -0.39 is 5.69 Å². The molecule has 0 atom stereocenters. The van der Waals surface area contributed by atoms with E-state index in [0.29, 0.717) is 19.5 Å². The highest BCUT2D eigenvalue weighted by Crippen LogP contribution is 2.09. The highest BCUT2D eigenvalue weighted by molar-refractivity contribution is 5.16. The fourth-order valence-corrected chi connectivity index (χ4v) is 2.28. The molecule has 0 aliphatic rings. The molecule has 0 aromatic carbocycles. The smallest absolute Gasteiger partial charge is 0.325 e. The zero-order valence-electron chi connectivity index (χ0n) is 12.0. The Morgan fingerprint density at radius 2 is 1.35 bits per heavy atom. The molecule has 1 heterocycles. The average molecular weight is 282 g/mol. The monoisotopic (exact) mass is 282 g/mol. The molecule has 0 saturated heterocycles. The summed E-state index contributed by atoms with van der Waals surface area (Å²) in [5.41, 5.74) is 11.7. The maximum absolute atomic E-state index is 11.9. The largest absolute Gasteiger partial charge is 0.330 e. The molecular formula is C14H26N4O2. The molecular weight excluding hydrogens is 256 g/mol. The van der Waals surface area contributed by atoms with Crippen molar-refractivity contribution in [3.8, 4) is 0 Å². The van der Waals surface area contributed by atoms with Gasteiger partial charge in [-0.25, -0.2) is 4.79 Å². The number of aromatic amines is 2. The maximum Gasteiger partial charge on any atom is 0.325 e. The number of aryl methyl sites for hydroxylation is 1. The number of hydrogen-bond donors (Lipinski definition) is 4. The predicted octanol–water partition coefficient (Wildman–Crippen LogP) is 0.406. The lowest BCUT2D eigenvalue weighted by molar-refractivity contribution is 0.652. The van der Waals surface area contributed by atoms with Crippen LogP contribution in [-0.4, -0.2) is 23.1 Å². The van der Waals surface area contributed by atoms with Crippen LogP contribution in [0.1, 0.15) is 49.8 Å². The minimum absolute atomic E-state index is 0.254. The highest BCUT2D eigenvalue weighted by Gasteiger charge is 2.09. The molecule has 0 spiro atoms. The normalized spacial score (nSPS) is 10.9. The van der Waals surface area contributed by atoms with Crippen molar-refractivity contribution in [1.29, 1.82) is 0 Å². The summed E-state index contributed by atoms with van der Waals surface area (Å²) in [6, 6.07) is 0. The minimum Gasteiger partial charge on any atom is -0.330 e. The van der Waals surface area contributed by atoms with Gasteiger partial charge in [-0.3, -0.25) is 9.78 Å². The molecule has 114 valence electrons. The lowest BCUT2D eigenvalue weighted by Gasteiger charge is -2.08. The van der Waals surface area contributed by atoms with Crippen LogP contribution in [0.5, 0.6) is 0 Å². The SMILES string of the molecule is NCCCCCc1[nH]c(=O)[nH]c(=O)c1CCCCCN. The summed E-state index contributed by atoms with van der Waals surface area (Å²) in [4.78, 5) is 28.4. The van der Waals surface area contributed by atoms with Gasteiger partial charge in [0.2, 0.25) is 0 Å². The summed E-state index contributed by atoms with van der Waals surface area (Å²) < 4.78 is 0. The lowest BCUT2D eigenvalue weighted by atomic mass is 10.0. The van der Waals surface area contributed by atoms with Gasteiger partial charge >= 0.3 is 5.69 Å². The summed E-state index contributed by atoms with van der Waals surface area (Å²) in [5.74, 6) is 0. The molecule has 1 aromatic rings. The molecule has 20 heavy (non-hydrogen) atoms. The Bertz CT molecular complexity index is 493. The summed E-state index contributed by atoms with van der Waals surface area (Å²) in [6.07, 6.45) is 7.23. The maximum atomic E-state index is 11.9. The molecule has 6 N–H and O–H groups in total. The molecule has 0 radical (unpaired) electrons. The van der Waals surface area contributed by atoms with Crippen LogP contribution in [0.15, 0.2) is 9.59 Å². The first-order chi connectivity index (χ1) is 9.69. The number of H-pyrrole nitrogens is 2.